The first kappa shape index (κ1) is 15.3. The molecule has 0 N–H and O–H groups in total. The third-order valence-corrected chi connectivity index (χ3v) is 3.69. The SMILES string of the molecule is C#CCN1C(=O)/C(=C(/CBr)C(=O)OCC)c2ccccc21. The van der Waals surface area contributed by atoms with Crippen molar-refractivity contribution in [2.45, 2.75) is 6.92 Å². The quantitative estimate of drug-likeness (QED) is 0.363. The number of rotatable bonds is 4. The lowest BCUT2D eigenvalue weighted by Crippen LogP contribution is -2.27. The monoisotopic (exact) mass is 347 g/mol. The second-order valence-corrected chi connectivity index (χ2v) is 4.88. The summed E-state index contributed by atoms with van der Waals surface area (Å²) >= 11 is 3.27. The summed E-state index contributed by atoms with van der Waals surface area (Å²) in [5, 5.41) is 0.241. The van der Waals surface area contributed by atoms with E-state index in [0.717, 1.165) is 5.69 Å². The largest absolute Gasteiger partial charge is 0.463 e. The topological polar surface area (TPSA) is 46.6 Å². The number of ether oxygens (including phenoxy) is 1. The third kappa shape index (κ3) is 2.72. The molecule has 1 heterocycles. The van der Waals surface area contributed by atoms with E-state index in [1.165, 1.54) is 4.90 Å². The highest BCUT2D eigenvalue weighted by Crippen LogP contribution is 2.38. The van der Waals surface area contributed by atoms with Gasteiger partial charge in [-0.3, -0.25) is 9.69 Å². The van der Waals surface area contributed by atoms with Crippen LogP contribution in [0.15, 0.2) is 29.8 Å². The summed E-state index contributed by atoms with van der Waals surface area (Å²) in [6, 6.07) is 7.27. The molecule has 1 aromatic rings. The number of hydrogen-bond donors (Lipinski definition) is 0. The van der Waals surface area contributed by atoms with Gasteiger partial charge in [-0.1, -0.05) is 40.0 Å². The molecular formula is C16H14BrNO3. The Hall–Kier alpha value is -2.06. The Balaban J connectivity index is 2.61. The summed E-state index contributed by atoms with van der Waals surface area (Å²) in [5.74, 6) is 1.71. The van der Waals surface area contributed by atoms with Gasteiger partial charge in [-0.15, -0.1) is 6.42 Å². The average Bonchev–Trinajstić information content (AvgIpc) is 2.75. The maximum atomic E-state index is 12.6. The molecule has 4 nitrogen and oxygen atoms in total. The number of fused-ring (bicyclic) bond motifs is 1. The third-order valence-electron chi connectivity index (χ3n) is 3.13. The molecular weight excluding hydrogens is 334 g/mol. The van der Waals surface area contributed by atoms with E-state index in [-0.39, 0.29) is 24.4 Å². The Morgan fingerprint density at radius 3 is 2.76 bits per heavy atom. The number of terminal acetylenes is 1. The van der Waals surface area contributed by atoms with Crippen molar-refractivity contribution in [3.05, 3.63) is 35.4 Å². The summed E-state index contributed by atoms with van der Waals surface area (Å²) in [7, 11) is 0. The number of hydrogen-bond acceptors (Lipinski definition) is 3. The summed E-state index contributed by atoms with van der Waals surface area (Å²) in [6.07, 6.45) is 5.33. The molecule has 0 atom stereocenters. The summed E-state index contributed by atoms with van der Waals surface area (Å²) in [4.78, 5) is 26.2. The molecule has 0 saturated heterocycles. The highest BCUT2D eigenvalue weighted by molar-refractivity contribution is 9.09. The van der Waals surface area contributed by atoms with Crippen LogP contribution in [0, 0.1) is 12.3 Å². The van der Waals surface area contributed by atoms with E-state index in [9.17, 15) is 9.59 Å². The Kier molecular flexibility index (Phi) is 4.81. The number of carbonyl (C=O) groups is 2. The number of esters is 1. The zero-order valence-electron chi connectivity index (χ0n) is 11.6. The molecule has 108 valence electrons. The van der Waals surface area contributed by atoms with Gasteiger partial charge in [0.05, 0.1) is 30.0 Å². The molecule has 0 radical (unpaired) electrons. The van der Waals surface area contributed by atoms with Crippen molar-refractivity contribution in [1.82, 2.24) is 0 Å². The Morgan fingerprint density at radius 1 is 1.43 bits per heavy atom. The molecule has 0 fully saturated rings. The van der Waals surface area contributed by atoms with E-state index in [1.54, 1.807) is 13.0 Å². The van der Waals surface area contributed by atoms with E-state index >= 15 is 0 Å². The fraction of sp³-hybridized carbons (Fsp3) is 0.250. The molecule has 0 spiro atoms. The fourth-order valence-electron chi connectivity index (χ4n) is 2.26. The van der Waals surface area contributed by atoms with Crippen LogP contribution >= 0.6 is 15.9 Å². The molecule has 0 bridgehead atoms. The van der Waals surface area contributed by atoms with Crippen LogP contribution in [0.2, 0.25) is 0 Å². The standard InChI is InChI=1S/C16H14BrNO3/c1-3-9-18-13-8-6-5-7-11(13)14(15(18)19)12(10-17)16(20)21-4-2/h1,5-8H,4,9-10H2,2H3/b14-12-. The molecule has 0 aliphatic carbocycles. The van der Waals surface area contributed by atoms with E-state index in [1.807, 2.05) is 18.2 Å². The van der Waals surface area contributed by atoms with E-state index < -0.39 is 5.97 Å². The van der Waals surface area contributed by atoms with E-state index in [2.05, 4.69) is 21.9 Å². The van der Waals surface area contributed by atoms with Crippen molar-refractivity contribution in [2.24, 2.45) is 0 Å². The zero-order valence-corrected chi connectivity index (χ0v) is 13.1. The summed E-state index contributed by atoms with van der Waals surface area (Å²) in [5.41, 5.74) is 2.10. The molecule has 1 aromatic carbocycles. The number of benzene rings is 1. The Bertz CT molecular complexity index is 658. The number of carbonyl (C=O) groups excluding carboxylic acids is 2. The molecule has 1 amide bonds. The first-order chi connectivity index (χ1) is 10.2. The van der Waals surface area contributed by atoms with Gasteiger partial charge >= 0.3 is 5.97 Å². The molecule has 0 unspecified atom stereocenters. The fourth-order valence-corrected chi connectivity index (χ4v) is 2.77. The van der Waals surface area contributed by atoms with Gasteiger partial charge in [0.15, 0.2) is 0 Å². The normalized spacial score (nSPS) is 15.5. The first-order valence-corrected chi connectivity index (χ1v) is 7.58. The van der Waals surface area contributed by atoms with Crippen molar-refractivity contribution in [2.75, 3.05) is 23.4 Å². The zero-order chi connectivity index (χ0) is 15.4. The lowest BCUT2D eigenvalue weighted by molar-refractivity contribution is -0.138. The number of para-hydroxylation sites is 1. The second kappa shape index (κ2) is 6.59. The highest BCUT2D eigenvalue weighted by Gasteiger charge is 2.35. The molecule has 21 heavy (non-hydrogen) atoms. The van der Waals surface area contributed by atoms with Gasteiger partial charge < -0.3 is 4.74 Å². The van der Waals surface area contributed by atoms with Gasteiger partial charge in [0.2, 0.25) is 0 Å². The van der Waals surface area contributed by atoms with Gasteiger partial charge in [-0.2, -0.15) is 0 Å². The molecule has 5 heteroatoms. The second-order valence-electron chi connectivity index (χ2n) is 4.32. The van der Waals surface area contributed by atoms with Gasteiger partial charge in [-0.25, -0.2) is 4.79 Å². The van der Waals surface area contributed by atoms with Crippen LogP contribution in [0.3, 0.4) is 0 Å². The van der Waals surface area contributed by atoms with Crippen molar-refractivity contribution >= 4 is 39.1 Å². The number of halogens is 1. The molecule has 1 aliphatic heterocycles. The number of anilines is 1. The van der Waals surface area contributed by atoms with Crippen molar-refractivity contribution in [1.29, 1.82) is 0 Å². The van der Waals surface area contributed by atoms with Gasteiger partial charge in [0.1, 0.15) is 0 Å². The maximum Gasteiger partial charge on any atom is 0.335 e. The average molecular weight is 348 g/mol. The van der Waals surface area contributed by atoms with Gasteiger partial charge in [-0.05, 0) is 13.0 Å². The van der Waals surface area contributed by atoms with Crippen molar-refractivity contribution < 1.29 is 14.3 Å². The lowest BCUT2D eigenvalue weighted by Gasteiger charge is -2.13. The summed E-state index contributed by atoms with van der Waals surface area (Å²) < 4.78 is 5.03. The minimum atomic E-state index is -0.491. The molecule has 1 aliphatic rings. The Morgan fingerprint density at radius 2 is 2.14 bits per heavy atom. The smallest absolute Gasteiger partial charge is 0.335 e. The van der Waals surface area contributed by atoms with Crippen LogP contribution in [0.4, 0.5) is 5.69 Å². The number of nitrogens with zero attached hydrogens (tertiary/aromatic N) is 1. The van der Waals surface area contributed by atoms with Crippen molar-refractivity contribution in [3.63, 3.8) is 0 Å². The predicted molar refractivity (Wildman–Crippen MR) is 85.0 cm³/mol. The molecule has 0 aromatic heterocycles. The van der Waals surface area contributed by atoms with Gasteiger partial charge in [0, 0.05) is 10.9 Å². The van der Waals surface area contributed by atoms with Crippen LogP contribution in [-0.4, -0.2) is 30.4 Å². The lowest BCUT2D eigenvalue weighted by atomic mass is 10.0. The molecule has 2 rings (SSSR count). The van der Waals surface area contributed by atoms with Crippen molar-refractivity contribution in [3.8, 4) is 12.3 Å². The minimum Gasteiger partial charge on any atom is -0.463 e. The van der Waals surface area contributed by atoms with Crippen LogP contribution < -0.4 is 4.90 Å². The van der Waals surface area contributed by atoms with E-state index in [4.69, 9.17) is 11.2 Å². The van der Waals surface area contributed by atoms with Gasteiger partial charge in [0.25, 0.3) is 5.91 Å². The molecule has 0 saturated carbocycles. The minimum absolute atomic E-state index is 0.164. The van der Waals surface area contributed by atoms with Crippen LogP contribution in [-0.2, 0) is 14.3 Å². The van der Waals surface area contributed by atoms with Crippen LogP contribution in [0.25, 0.3) is 5.57 Å². The number of alkyl halides is 1. The number of amides is 1. The maximum absolute atomic E-state index is 12.6. The predicted octanol–water partition coefficient (Wildman–Crippen LogP) is 2.38. The van der Waals surface area contributed by atoms with Crippen LogP contribution in [0.5, 0.6) is 0 Å². The van der Waals surface area contributed by atoms with Crippen LogP contribution in [0.1, 0.15) is 12.5 Å². The first-order valence-electron chi connectivity index (χ1n) is 6.46. The Labute approximate surface area is 131 Å². The highest BCUT2D eigenvalue weighted by atomic mass is 79.9. The van der Waals surface area contributed by atoms with E-state index in [0.29, 0.717) is 16.7 Å². The summed E-state index contributed by atoms with van der Waals surface area (Å²) in [6.45, 7) is 2.15.